The zero-order valence-corrected chi connectivity index (χ0v) is 3.59. The molecule has 0 aliphatic heterocycles. The minimum atomic E-state index is 1.20. The Morgan fingerprint density at radius 2 is 2.50 bits per heavy atom. The van der Waals surface area contributed by atoms with Gasteiger partial charge in [-0.05, 0) is 0 Å². The Labute approximate surface area is 36.3 Å². The Balaban J connectivity index is 2.85. The third-order valence-corrected chi connectivity index (χ3v) is 0.203. The zero-order chi connectivity index (χ0) is 4.83. The van der Waals surface area contributed by atoms with Crippen molar-refractivity contribution in [2.45, 2.75) is 0 Å². The summed E-state index contributed by atoms with van der Waals surface area (Å²) in [6.07, 6.45) is 1.20. The van der Waals surface area contributed by atoms with E-state index in [-0.39, 0.29) is 0 Å². The molecule has 0 unspecified atom stereocenters. The second-order valence-electron chi connectivity index (χ2n) is 0.554. The fourth-order valence-corrected chi connectivity index (χ4v) is 0.0805. The summed E-state index contributed by atoms with van der Waals surface area (Å²) in [6.45, 7) is 3.22. The molecular formula is C3H6N2O. The number of hydrogen-bond acceptors (Lipinski definition) is 3. The molecule has 0 bridgehead atoms. The number of hydrogen-bond donors (Lipinski definition) is 0. The van der Waals surface area contributed by atoms with E-state index in [2.05, 4.69) is 21.8 Å². The van der Waals surface area contributed by atoms with E-state index in [9.17, 15) is 0 Å². The van der Waals surface area contributed by atoms with Crippen molar-refractivity contribution in [3.05, 3.63) is 12.8 Å². The normalized spacial score (nSPS) is 8.83. The van der Waals surface area contributed by atoms with E-state index in [0.717, 1.165) is 0 Å². The van der Waals surface area contributed by atoms with Crippen molar-refractivity contribution in [3.63, 3.8) is 0 Å². The van der Waals surface area contributed by atoms with E-state index in [0.29, 0.717) is 0 Å². The minimum Gasteiger partial charge on any atom is -0.348 e. The van der Waals surface area contributed by atoms with Crippen LogP contribution in [0.1, 0.15) is 0 Å². The predicted molar refractivity (Wildman–Crippen MR) is 22.1 cm³/mol. The molecule has 0 heterocycles. The molecule has 0 saturated heterocycles. The van der Waals surface area contributed by atoms with Gasteiger partial charge in [-0.2, -0.15) is 5.11 Å². The van der Waals surface area contributed by atoms with Gasteiger partial charge in [0.2, 0.25) is 0 Å². The molecule has 3 heteroatoms. The summed E-state index contributed by atoms with van der Waals surface area (Å²) in [5.41, 5.74) is 0. The predicted octanol–water partition coefficient (Wildman–Crippen LogP) is 1.14. The molecule has 6 heavy (non-hydrogen) atoms. The van der Waals surface area contributed by atoms with Crippen LogP contribution in [0.2, 0.25) is 0 Å². The van der Waals surface area contributed by atoms with E-state index in [4.69, 9.17) is 0 Å². The van der Waals surface area contributed by atoms with Gasteiger partial charge >= 0.3 is 0 Å². The van der Waals surface area contributed by atoms with Gasteiger partial charge in [0.25, 0.3) is 0 Å². The van der Waals surface area contributed by atoms with Crippen LogP contribution in [-0.2, 0) is 4.84 Å². The second-order valence-corrected chi connectivity index (χ2v) is 0.554. The second kappa shape index (κ2) is 4.14. The summed E-state index contributed by atoms with van der Waals surface area (Å²) in [5, 5.41) is 6.35. The monoisotopic (exact) mass is 86.0 g/mol. The third kappa shape index (κ3) is 3.14. The molecule has 0 aliphatic rings. The fourth-order valence-electron chi connectivity index (χ4n) is 0.0805. The molecule has 0 atom stereocenters. The summed E-state index contributed by atoms with van der Waals surface area (Å²) in [5.74, 6) is 0. The van der Waals surface area contributed by atoms with Crippen LogP contribution in [0, 0.1) is 0 Å². The SMILES string of the molecule is C=CON=NC. The van der Waals surface area contributed by atoms with Crippen molar-refractivity contribution in [1.29, 1.82) is 0 Å². The highest BCUT2D eigenvalue weighted by atomic mass is 16.6. The maximum atomic E-state index is 4.20. The first-order valence-electron chi connectivity index (χ1n) is 1.47. The van der Waals surface area contributed by atoms with Gasteiger partial charge < -0.3 is 4.84 Å². The average Bonchev–Trinajstić information content (AvgIpc) is 1.61. The molecule has 3 nitrogen and oxygen atoms in total. The van der Waals surface area contributed by atoms with Gasteiger partial charge in [-0.15, -0.1) is 0 Å². The number of nitrogens with zero attached hydrogens (tertiary/aromatic N) is 2. The smallest absolute Gasteiger partial charge is 0.116 e. The van der Waals surface area contributed by atoms with Crippen molar-refractivity contribution < 1.29 is 4.84 Å². The van der Waals surface area contributed by atoms with Gasteiger partial charge in [0, 0.05) is 5.28 Å². The maximum absolute atomic E-state index is 4.20. The molecule has 0 rings (SSSR count). The van der Waals surface area contributed by atoms with Crippen LogP contribution in [0.5, 0.6) is 0 Å². The van der Waals surface area contributed by atoms with Gasteiger partial charge in [0.15, 0.2) is 0 Å². The highest BCUT2D eigenvalue weighted by Crippen LogP contribution is 1.71. The van der Waals surface area contributed by atoms with Gasteiger partial charge in [-0.25, -0.2) is 0 Å². The van der Waals surface area contributed by atoms with Gasteiger partial charge in [0.1, 0.15) is 6.26 Å². The molecule has 0 fully saturated rings. The Kier molecular flexibility index (Phi) is 3.55. The Morgan fingerprint density at radius 1 is 1.83 bits per heavy atom. The topological polar surface area (TPSA) is 34.0 Å². The lowest BCUT2D eigenvalue weighted by atomic mass is 11.2. The largest absolute Gasteiger partial charge is 0.348 e. The minimum absolute atomic E-state index is 1.20. The molecule has 0 radical (unpaired) electrons. The summed E-state index contributed by atoms with van der Waals surface area (Å²) >= 11 is 0. The molecule has 0 saturated carbocycles. The zero-order valence-electron chi connectivity index (χ0n) is 3.59. The molecule has 0 amide bonds. The van der Waals surface area contributed by atoms with Crippen molar-refractivity contribution in [2.24, 2.45) is 10.4 Å². The highest BCUT2D eigenvalue weighted by Gasteiger charge is 1.54. The van der Waals surface area contributed by atoms with Crippen LogP contribution in [0.4, 0.5) is 0 Å². The summed E-state index contributed by atoms with van der Waals surface area (Å²) < 4.78 is 0. The van der Waals surface area contributed by atoms with Crippen molar-refractivity contribution >= 4 is 0 Å². The quantitative estimate of drug-likeness (QED) is 0.282. The van der Waals surface area contributed by atoms with Gasteiger partial charge in [0.05, 0.1) is 7.05 Å². The van der Waals surface area contributed by atoms with Gasteiger partial charge in [-0.1, -0.05) is 6.58 Å². The lowest BCUT2D eigenvalue weighted by Crippen LogP contribution is -1.56. The van der Waals surface area contributed by atoms with E-state index < -0.39 is 0 Å². The lowest BCUT2D eigenvalue weighted by Gasteiger charge is -1.75. The standard InChI is InChI=1S/C3H6N2O/c1-3-6-5-4-2/h3H,1H2,2H3. The lowest BCUT2D eigenvalue weighted by molar-refractivity contribution is 0.241. The van der Waals surface area contributed by atoms with E-state index >= 15 is 0 Å². The van der Waals surface area contributed by atoms with Crippen LogP contribution < -0.4 is 0 Å². The number of rotatable bonds is 2. The van der Waals surface area contributed by atoms with Crippen LogP contribution in [-0.4, -0.2) is 7.05 Å². The van der Waals surface area contributed by atoms with E-state index in [1.54, 1.807) is 0 Å². The van der Waals surface area contributed by atoms with Crippen molar-refractivity contribution in [3.8, 4) is 0 Å². The first kappa shape index (κ1) is 5.14. The molecule has 34 valence electrons. The van der Waals surface area contributed by atoms with Crippen LogP contribution in [0.3, 0.4) is 0 Å². The van der Waals surface area contributed by atoms with E-state index in [1.165, 1.54) is 13.3 Å². The summed E-state index contributed by atoms with van der Waals surface area (Å²) in [6, 6.07) is 0. The Bertz CT molecular complexity index is 59.8. The van der Waals surface area contributed by atoms with Crippen molar-refractivity contribution in [1.82, 2.24) is 0 Å². The Hall–Kier alpha value is -0.860. The molecular weight excluding hydrogens is 80.0 g/mol. The van der Waals surface area contributed by atoms with Crippen LogP contribution >= 0.6 is 0 Å². The Morgan fingerprint density at radius 3 is 2.67 bits per heavy atom. The third-order valence-electron chi connectivity index (χ3n) is 0.203. The van der Waals surface area contributed by atoms with Crippen LogP contribution in [0.25, 0.3) is 0 Å². The molecule has 0 aliphatic carbocycles. The first-order valence-corrected chi connectivity index (χ1v) is 1.47. The molecule has 0 aromatic heterocycles. The molecule has 0 N–H and O–H groups in total. The molecule has 0 aromatic carbocycles. The summed E-state index contributed by atoms with van der Waals surface area (Å²) in [4.78, 5) is 4.20. The first-order chi connectivity index (χ1) is 2.91. The fraction of sp³-hybridized carbons (Fsp3) is 0.333. The average molecular weight is 86.1 g/mol. The molecule has 0 spiro atoms. The summed E-state index contributed by atoms with van der Waals surface area (Å²) in [7, 11) is 1.52. The van der Waals surface area contributed by atoms with E-state index in [1.807, 2.05) is 0 Å². The maximum Gasteiger partial charge on any atom is 0.116 e. The highest BCUT2D eigenvalue weighted by molar-refractivity contribution is 4.43. The van der Waals surface area contributed by atoms with Gasteiger partial charge in [-0.3, -0.25) is 0 Å². The molecule has 0 aromatic rings. The van der Waals surface area contributed by atoms with Crippen molar-refractivity contribution in [2.75, 3.05) is 7.05 Å². The van der Waals surface area contributed by atoms with Crippen LogP contribution in [0.15, 0.2) is 23.2 Å².